The van der Waals surface area contributed by atoms with Gasteiger partial charge in [0.2, 0.25) is 5.91 Å². The molecule has 78 heavy (non-hydrogen) atoms. The van der Waals surface area contributed by atoms with Gasteiger partial charge in [-0.2, -0.15) is 0 Å². The average Bonchev–Trinajstić information content (AvgIpc) is 3.44. The molecule has 0 saturated heterocycles. The second kappa shape index (κ2) is 68.1. The molecule has 0 rings (SSSR count). The third kappa shape index (κ3) is 63.8. The van der Waals surface area contributed by atoms with Gasteiger partial charge in [-0.3, -0.25) is 9.59 Å². The number of unbranched alkanes of at least 4 members (excludes halogenated alkanes) is 57. The van der Waals surface area contributed by atoms with Gasteiger partial charge < -0.3 is 20.3 Å². The first-order valence-corrected chi connectivity index (χ1v) is 36.0. The normalized spacial score (nSPS) is 12.5. The zero-order chi connectivity index (χ0) is 56.4. The molecule has 0 heterocycles. The van der Waals surface area contributed by atoms with Crippen molar-refractivity contribution in [3.05, 3.63) is 12.2 Å². The fourth-order valence-corrected chi connectivity index (χ4v) is 11.6. The Bertz CT molecular complexity index is 1180. The number of amides is 1. The summed E-state index contributed by atoms with van der Waals surface area (Å²) >= 11 is 0. The number of allylic oxidation sites excluding steroid dienone is 1. The van der Waals surface area contributed by atoms with Crippen molar-refractivity contribution in [1.82, 2.24) is 5.32 Å². The minimum absolute atomic E-state index is 0.0252. The number of carbonyl (C=O) groups excluding carboxylic acids is 2. The van der Waals surface area contributed by atoms with Crippen molar-refractivity contribution in [2.24, 2.45) is 0 Å². The molecule has 0 saturated carbocycles. The third-order valence-electron chi connectivity index (χ3n) is 17.1. The Hall–Kier alpha value is -1.40. The quantitative estimate of drug-likeness (QED) is 0.0320. The maximum atomic E-state index is 12.5. The molecule has 0 aromatic rings. The highest BCUT2D eigenvalue weighted by Crippen LogP contribution is 2.19. The molecule has 1 amide bonds. The van der Waals surface area contributed by atoms with Gasteiger partial charge in [-0.1, -0.05) is 379 Å². The van der Waals surface area contributed by atoms with Gasteiger partial charge in [-0.05, 0) is 32.1 Å². The molecule has 0 aromatic carbocycles. The first-order chi connectivity index (χ1) is 38.5. The molecule has 0 aromatic heterocycles. The molecule has 0 aliphatic rings. The number of aliphatic hydroxyl groups excluding tert-OH is 2. The molecular weight excluding hydrogens is 959 g/mol. The molecule has 0 radical (unpaired) electrons. The molecule has 6 nitrogen and oxygen atoms in total. The number of rotatable bonds is 68. The van der Waals surface area contributed by atoms with Crippen molar-refractivity contribution in [3.63, 3.8) is 0 Å². The molecule has 2 atom stereocenters. The SMILES string of the molecule is CCCCCCCCCCCCC/C=C/C(O)C(CO)NC(=O)CCCCCCCCCCCCCCCCCCCCCCCCCCCCCCCCCCCOC(=O)CCCCCCCCCCCCCCCCC. The van der Waals surface area contributed by atoms with Gasteiger partial charge in [0.1, 0.15) is 0 Å². The van der Waals surface area contributed by atoms with Crippen LogP contribution in [0.2, 0.25) is 0 Å². The molecule has 0 aliphatic carbocycles. The van der Waals surface area contributed by atoms with E-state index in [0.29, 0.717) is 19.4 Å². The van der Waals surface area contributed by atoms with Crippen LogP contribution in [-0.2, 0) is 14.3 Å². The molecule has 3 N–H and O–H groups in total. The van der Waals surface area contributed by atoms with Gasteiger partial charge in [0, 0.05) is 12.8 Å². The standard InChI is InChI=1S/C72H141NO5/c1-3-5-7-9-11-13-15-17-37-42-46-50-54-58-62-66-72(77)78-67-63-59-55-51-47-43-39-36-34-32-30-28-26-24-22-20-18-19-21-23-25-27-29-31-33-35-38-41-45-49-53-57-61-65-71(76)73-69(68-74)70(75)64-60-56-52-48-44-40-16-14-12-10-8-6-4-2/h60,64,69-70,74-75H,3-59,61-63,65-68H2,1-2H3,(H,73,76)/b64-60+. The number of ether oxygens (including phenoxy) is 1. The smallest absolute Gasteiger partial charge is 0.305 e. The summed E-state index contributed by atoms with van der Waals surface area (Å²) < 4.78 is 5.50. The Morgan fingerprint density at radius 3 is 0.872 bits per heavy atom. The lowest BCUT2D eigenvalue weighted by Gasteiger charge is -2.20. The van der Waals surface area contributed by atoms with Crippen LogP contribution in [0.5, 0.6) is 0 Å². The van der Waals surface area contributed by atoms with E-state index >= 15 is 0 Å². The highest BCUT2D eigenvalue weighted by atomic mass is 16.5. The number of carbonyl (C=O) groups is 2. The Morgan fingerprint density at radius 1 is 0.346 bits per heavy atom. The lowest BCUT2D eigenvalue weighted by atomic mass is 10.0. The van der Waals surface area contributed by atoms with E-state index in [9.17, 15) is 19.8 Å². The summed E-state index contributed by atoms with van der Waals surface area (Å²) in [6.07, 6.45) is 84.5. The summed E-state index contributed by atoms with van der Waals surface area (Å²) in [6, 6.07) is -0.622. The number of nitrogens with one attached hydrogen (secondary N) is 1. The molecule has 2 unspecified atom stereocenters. The van der Waals surface area contributed by atoms with Crippen LogP contribution >= 0.6 is 0 Å². The Kier molecular flexibility index (Phi) is 66.9. The number of hydrogen-bond donors (Lipinski definition) is 3. The topological polar surface area (TPSA) is 95.9 Å². The molecule has 0 fully saturated rings. The van der Waals surface area contributed by atoms with Crippen LogP contribution in [0.1, 0.15) is 412 Å². The van der Waals surface area contributed by atoms with E-state index in [4.69, 9.17) is 4.74 Å². The highest BCUT2D eigenvalue weighted by Gasteiger charge is 2.18. The van der Waals surface area contributed by atoms with Gasteiger partial charge in [-0.25, -0.2) is 0 Å². The second-order valence-electron chi connectivity index (χ2n) is 24.9. The summed E-state index contributed by atoms with van der Waals surface area (Å²) in [7, 11) is 0. The van der Waals surface area contributed by atoms with Crippen LogP contribution in [0.15, 0.2) is 12.2 Å². The van der Waals surface area contributed by atoms with Crippen LogP contribution in [0.3, 0.4) is 0 Å². The van der Waals surface area contributed by atoms with E-state index in [0.717, 1.165) is 38.5 Å². The predicted molar refractivity (Wildman–Crippen MR) is 343 cm³/mol. The molecule has 0 bridgehead atoms. The van der Waals surface area contributed by atoms with Crippen molar-refractivity contribution in [1.29, 1.82) is 0 Å². The molecule has 0 aliphatic heterocycles. The summed E-state index contributed by atoms with van der Waals surface area (Å²) in [5, 5.41) is 23.1. The fourth-order valence-electron chi connectivity index (χ4n) is 11.6. The third-order valence-corrected chi connectivity index (χ3v) is 17.1. The zero-order valence-corrected chi connectivity index (χ0v) is 53.2. The van der Waals surface area contributed by atoms with E-state index in [-0.39, 0.29) is 18.5 Å². The van der Waals surface area contributed by atoms with Crippen molar-refractivity contribution in [2.75, 3.05) is 13.2 Å². The summed E-state index contributed by atoms with van der Waals surface area (Å²) in [4.78, 5) is 24.5. The van der Waals surface area contributed by atoms with E-state index in [2.05, 4.69) is 19.2 Å². The van der Waals surface area contributed by atoms with Gasteiger partial charge in [0.05, 0.1) is 25.4 Å². The molecule has 0 spiro atoms. The van der Waals surface area contributed by atoms with Gasteiger partial charge >= 0.3 is 5.97 Å². The van der Waals surface area contributed by atoms with Gasteiger partial charge in [-0.15, -0.1) is 0 Å². The van der Waals surface area contributed by atoms with Crippen molar-refractivity contribution in [2.45, 2.75) is 424 Å². The lowest BCUT2D eigenvalue weighted by Crippen LogP contribution is -2.45. The maximum absolute atomic E-state index is 12.5. The maximum Gasteiger partial charge on any atom is 0.305 e. The van der Waals surface area contributed by atoms with Gasteiger partial charge in [0.25, 0.3) is 0 Å². The molecular formula is C72H141NO5. The Balaban J connectivity index is 3.30. The van der Waals surface area contributed by atoms with Crippen LogP contribution in [0, 0.1) is 0 Å². The van der Waals surface area contributed by atoms with Crippen LogP contribution < -0.4 is 5.32 Å². The fraction of sp³-hybridized carbons (Fsp3) is 0.944. The molecule has 464 valence electrons. The Morgan fingerprint density at radius 2 is 0.590 bits per heavy atom. The van der Waals surface area contributed by atoms with Crippen LogP contribution in [-0.4, -0.2) is 47.4 Å². The second-order valence-corrected chi connectivity index (χ2v) is 24.9. The van der Waals surface area contributed by atoms with E-state index in [1.807, 2.05) is 6.08 Å². The van der Waals surface area contributed by atoms with Crippen molar-refractivity contribution in [3.8, 4) is 0 Å². The number of hydrogen-bond acceptors (Lipinski definition) is 5. The number of esters is 1. The van der Waals surface area contributed by atoms with E-state index in [1.54, 1.807) is 6.08 Å². The van der Waals surface area contributed by atoms with Gasteiger partial charge in [0.15, 0.2) is 0 Å². The Labute approximate surface area is 489 Å². The summed E-state index contributed by atoms with van der Waals surface area (Å²) in [6.45, 7) is 4.94. The first-order valence-electron chi connectivity index (χ1n) is 36.0. The minimum atomic E-state index is -0.839. The van der Waals surface area contributed by atoms with Crippen LogP contribution in [0.4, 0.5) is 0 Å². The van der Waals surface area contributed by atoms with Crippen molar-refractivity contribution >= 4 is 11.9 Å². The lowest BCUT2D eigenvalue weighted by molar-refractivity contribution is -0.143. The zero-order valence-electron chi connectivity index (χ0n) is 53.2. The van der Waals surface area contributed by atoms with Crippen LogP contribution in [0.25, 0.3) is 0 Å². The first kappa shape index (κ1) is 76.6. The molecule has 6 heteroatoms. The largest absolute Gasteiger partial charge is 0.466 e. The minimum Gasteiger partial charge on any atom is -0.466 e. The summed E-state index contributed by atoms with van der Waals surface area (Å²) in [5.74, 6) is -0.0359. The van der Waals surface area contributed by atoms with Crippen molar-refractivity contribution < 1.29 is 24.5 Å². The average molecular weight is 1100 g/mol. The number of aliphatic hydroxyl groups is 2. The highest BCUT2D eigenvalue weighted by molar-refractivity contribution is 5.76. The monoisotopic (exact) mass is 1100 g/mol. The van der Waals surface area contributed by atoms with E-state index in [1.165, 1.54) is 347 Å². The predicted octanol–water partition coefficient (Wildman–Crippen LogP) is 23.1. The summed E-state index contributed by atoms with van der Waals surface area (Å²) in [5.41, 5.74) is 0. The van der Waals surface area contributed by atoms with E-state index < -0.39 is 12.1 Å².